The second kappa shape index (κ2) is 7.19. The first-order chi connectivity index (χ1) is 9.69. The summed E-state index contributed by atoms with van der Waals surface area (Å²) in [6, 6.07) is 10.5. The summed E-state index contributed by atoms with van der Waals surface area (Å²) in [5, 5.41) is 12.2. The van der Waals surface area contributed by atoms with E-state index < -0.39 is 0 Å². The third-order valence-corrected chi connectivity index (χ3v) is 4.17. The highest BCUT2D eigenvalue weighted by molar-refractivity contribution is 5.49. The molecule has 0 saturated heterocycles. The Morgan fingerprint density at radius 2 is 2.25 bits per heavy atom. The molecule has 0 radical (unpaired) electrons. The zero-order valence-electron chi connectivity index (χ0n) is 12.4. The SMILES string of the molecule is CC(C)C1CCCC(Nc2cccc(OCC#N)c2)C1. The van der Waals surface area contributed by atoms with Crippen LogP contribution in [0.3, 0.4) is 0 Å². The van der Waals surface area contributed by atoms with Gasteiger partial charge in [-0.25, -0.2) is 0 Å². The predicted molar refractivity (Wildman–Crippen MR) is 81.8 cm³/mol. The number of anilines is 1. The number of benzene rings is 1. The maximum absolute atomic E-state index is 8.55. The van der Waals surface area contributed by atoms with Crippen molar-refractivity contribution in [3.8, 4) is 11.8 Å². The molecule has 2 unspecified atom stereocenters. The standard InChI is InChI=1S/C17H24N2O/c1-13(2)14-5-3-6-15(11-14)19-16-7-4-8-17(12-16)20-10-9-18/h4,7-8,12-15,19H,3,5-6,10-11H2,1-2H3. The Balaban J connectivity index is 1.94. The highest BCUT2D eigenvalue weighted by Gasteiger charge is 2.23. The van der Waals surface area contributed by atoms with Gasteiger partial charge in [0.2, 0.25) is 0 Å². The Labute approximate surface area is 121 Å². The zero-order valence-corrected chi connectivity index (χ0v) is 12.4. The summed E-state index contributed by atoms with van der Waals surface area (Å²) in [6.07, 6.45) is 5.17. The monoisotopic (exact) mass is 272 g/mol. The van der Waals surface area contributed by atoms with E-state index in [9.17, 15) is 0 Å². The summed E-state index contributed by atoms with van der Waals surface area (Å²) in [7, 11) is 0. The summed E-state index contributed by atoms with van der Waals surface area (Å²) >= 11 is 0. The van der Waals surface area contributed by atoms with Crippen molar-refractivity contribution in [3.05, 3.63) is 24.3 Å². The minimum absolute atomic E-state index is 0.0995. The van der Waals surface area contributed by atoms with Crippen LogP contribution in [-0.4, -0.2) is 12.6 Å². The summed E-state index contributed by atoms with van der Waals surface area (Å²) in [5.74, 6) is 2.36. The van der Waals surface area contributed by atoms with Crippen LogP contribution in [-0.2, 0) is 0 Å². The van der Waals surface area contributed by atoms with Crippen LogP contribution >= 0.6 is 0 Å². The molecular formula is C17H24N2O. The van der Waals surface area contributed by atoms with Gasteiger partial charge in [0.1, 0.15) is 11.8 Å². The van der Waals surface area contributed by atoms with E-state index in [-0.39, 0.29) is 6.61 Å². The lowest BCUT2D eigenvalue weighted by molar-refractivity contribution is 0.264. The van der Waals surface area contributed by atoms with Gasteiger partial charge in [0.15, 0.2) is 6.61 Å². The molecule has 3 nitrogen and oxygen atoms in total. The van der Waals surface area contributed by atoms with Gasteiger partial charge in [-0.2, -0.15) is 5.26 Å². The number of rotatable bonds is 5. The van der Waals surface area contributed by atoms with Crippen molar-refractivity contribution >= 4 is 5.69 Å². The van der Waals surface area contributed by atoms with Crippen molar-refractivity contribution in [1.29, 1.82) is 5.26 Å². The first kappa shape index (κ1) is 14.7. The molecule has 1 fully saturated rings. The largest absolute Gasteiger partial charge is 0.479 e. The molecule has 0 bridgehead atoms. The van der Waals surface area contributed by atoms with E-state index in [4.69, 9.17) is 10.00 Å². The molecule has 1 aromatic carbocycles. The van der Waals surface area contributed by atoms with E-state index in [1.165, 1.54) is 25.7 Å². The molecule has 1 aliphatic rings. The first-order valence-electron chi connectivity index (χ1n) is 7.55. The molecule has 0 amide bonds. The molecule has 2 rings (SSSR count). The second-order valence-electron chi connectivity index (χ2n) is 5.99. The van der Waals surface area contributed by atoms with Gasteiger partial charge in [0, 0.05) is 17.8 Å². The van der Waals surface area contributed by atoms with Crippen LogP contribution in [0.25, 0.3) is 0 Å². The van der Waals surface area contributed by atoms with Crippen molar-refractivity contribution in [1.82, 2.24) is 0 Å². The molecule has 20 heavy (non-hydrogen) atoms. The van der Waals surface area contributed by atoms with Crippen LogP contribution in [0.5, 0.6) is 5.75 Å². The molecule has 0 heterocycles. The molecular weight excluding hydrogens is 248 g/mol. The average molecular weight is 272 g/mol. The number of hydrogen-bond acceptors (Lipinski definition) is 3. The third kappa shape index (κ3) is 4.16. The molecule has 0 aliphatic heterocycles. The van der Waals surface area contributed by atoms with E-state index in [0.29, 0.717) is 6.04 Å². The Kier molecular flexibility index (Phi) is 5.29. The van der Waals surface area contributed by atoms with Gasteiger partial charge in [0.05, 0.1) is 0 Å². The molecule has 1 aliphatic carbocycles. The molecule has 1 aromatic rings. The molecule has 2 atom stereocenters. The lowest BCUT2D eigenvalue weighted by Crippen LogP contribution is -2.29. The van der Waals surface area contributed by atoms with E-state index in [0.717, 1.165) is 23.3 Å². The average Bonchev–Trinajstić information content (AvgIpc) is 2.46. The molecule has 0 spiro atoms. The van der Waals surface area contributed by atoms with Crippen LogP contribution < -0.4 is 10.1 Å². The van der Waals surface area contributed by atoms with Crippen LogP contribution in [0, 0.1) is 23.2 Å². The summed E-state index contributed by atoms with van der Waals surface area (Å²) in [5.41, 5.74) is 1.09. The fraction of sp³-hybridized carbons (Fsp3) is 0.588. The Hall–Kier alpha value is -1.69. The van der Waals surface area contributed by atoms with Crippen molar-refractivity contribution < 1.29 is 4.74 Å². The number of ether oxygens (including phenoxy) is 1. The van der Waals surface area contributed by atoms with Crippen molar-refractivity contribution in [2.24, 2.45) is 11.8 Å². The lowest BCUT2D eigenvalue weighted by atomic mass is 9.79. The highest BCUT2D eigenvalue weighted by atomic mass is 16.5. The first-order valence-corrected chi connectivity index (χ1v) is 7.55. The fourth-order valence-electron chi connectivity index (χ4n) is 2.99. The quantitative estimate of drug-likeness (QED) is 0.873. The second-order valence-corrected chi connectivity index (χ2v) is 5.99. The van der Waals surface area contributed by atoms with E-state index in [1.54, 1.807) is 0 Å². The van der Waals surface area contributed by atoms with Gasteiger partial charge >= 0.3 is 0 Å². The minimum Gasteiger partial charge on any atom is -0.479 e. The topological polar surface area (TPSA) is 45.0 Å². The van der Waals surface area contributed by atoms with Crippen LogP contribution in [0.15, 0.2) is 24.3 Å². The Morgan fingerprint density at radius 1 is 1.40 bits per heavy atom. The van der Waals surface area contributed by atoms with Gasteiger partial charge in [-0.1, -0.05) is 32.8 Å². The smallest absolute Gasteiger partial charge is 0.174 e. The maximum Gasteiger partial charge on any atom is 0.174 e. The number of nitrogens with one attached hydrogen (secondary N) is 1. The summed E-state index contributed by atoms with van der Waals surface area (Å²) < 4.78 is 5.34. The van der Waals surface area contributed by atoms with Crippen molar-refractivity contribution in [2.75, 3.05) is 11.9 Å². The highest BCUT2D eigenvalue weighted by Crippen LogP contribution is 2.32. The van der Waals surface area contributed by atoms with Crippen LogP contribution in [0.4, 0.5) is 5.69 Å². The number of hydrogen-bond donors (Lipinski definition) is 1. The van der Waals surface area contributed by atoms with Gasteiger partial charge in [-0.15, -0.1) is 0 Å². The fourth-order valence-corrected chi connectivity index (χ4v) is 2.99. The van der Waals surface area contributed by atoms with Gasteiger partial charge in [-0.05, 0) is 36.8 Å². The number of nitrogens with zero attached hydrogens (tertiary/aromatic N) is 1. The number of nitriles is 1. The summed E-state index contributed by atoms with van der Waals surface area (Å²) in [4.78, 5) is 0. The van der Waals surface area contributed by atoms with Crippen molar-refractivity contribution in [2.45, 2.75) is 45.6 Å². The van der Waals surface area contributed by atoms with E-state index in [2.05, 4.69) is 25.2 Å². The van der Waals surface area contributed by atoms with Crippen molar-refractivity contribution in [3.63, 3.8) is 0 Å². The third-order valence-electron chi connectivity index (χ3n) is 4.17. The molecule has 108 valence electrons. The minimum atomic E-state index is 0.0995. The summed E-state index contributed by atoms with van der Waals surface area (Å²) in [6.45, 7) is 4.75. The van der Waals surface area contributed by atoms with E-state index >= 15 is 0 Å². The van der Waals surface area contributed by atoms with Gasteiger partial charge in [0.25, 0.3) is 0 Å². The van der Waals surface area contributed by atoms with E-state index in [1.807, 2.05) is 24.3 Å². The lowest BCUT2D eigenvalue weighted by Gasteiger charge is -2.32. The molecule has 0 aromatic heterocycles. The zero-order chi connectivity index (χ0) is 14.4. The Morgan fingerprint density at radius 3 is 3.00 bits per heavy atom. The maximum atomic E-state index is 8.55. The van der Waals surface area contributed by atoms with Crippen LogP contribution in [0.1, 0.15) is 39.5 Å². The molecule has 1 N–H and O–H groups in total. The van der Waals surface area contributed by atoms with Crippen LogP contribution in [0.2, 0.25) is 0 Å². The van der Waals surface area contributed by atoms with Gasteiger partial charge < -0.3 is 10.1 Å². The van der Waals surface area contributed by atoms with Gasteiger partial charge in [-0.3, -0.25) is 0 Å². The predicted octanol–water partition coefficient (Wildman–Crippen LogP) is 4.22. The molecule has 3 heteroatoms. The normalized spacial score (nSPS) is 22.3. The molecule has 1 saturated carbocycles. The Bertz CT molecular complexity index is 464.